The van der Waals surface area contributed by atoms with Gasteiger partial charge in [0.1, 0.15) is 6.67 Å². The largest absolute Gasteiger partial charge is 0.457 e. The molecule has 0 amide bonds. The van der Waals surface area contributed by atoms with Gasteiger partial charge < -0.3 is 4.74 Å². The molecule has 0 spiro atoms. The van der Waals surface area contributed by atoms with Gasteiger partial charge in [-0.3, -0.25) is 4.74 Å². The second-order valence-corrected chi connectivity index (χ2v) is 4.17. The lowest BCUT2D eigenvalue weighted by Crippen LogP contribution is -2.73. The van der Waals surface area contributed by atoms with Crippen LogP contribution >= 0.6 is 0 Å². The van der Waals surface area contributed by atoms with Crippen LogP contribution in [0.25, 0.3) is 0 Å². The van der Waals surface area contributed by atoms with Gasteiger partial charge in [-0.05, 0) is 0 Å². The molecule has 1 aliphatic heterocycles. The Morgan fingerprint density at radius 3 is 1.54 bits per heavy atom. The molecule has 3 unspecified atom stereocenters. The van der Waals surface area contributed by atoms with Gasteiger partial charge in [-0.1, -0.05) is 0 Å². The van der Waals surface area contributed by atoms with E-state index in [1.165, 1.54) is 0 Å². The molecular weight excluding hydrogens is 391 g/mol. The second-order valence-electron chi connectivity index (χ2n) is 4.17. The normalized spacial score (nSPS) is 34.9. The van der Waals surface area contributed by atoms with E-state index in [0.717, 1.165) is 0 Å². The first kappa shape index (κ1) is 21.0. The minimum Gasteiger partial charge on any atom is -0.303 e. The van der Waals surface area contributed by atoms with Crippen molar-refractivity contribution in [2.45, 2.75) is 42.6 Å². The van der Waals surface area contributed by atoms with Crippen LogP contribution in [0.5, 0.6) is 0 Å². The minimum atomic E-state index is -6.99. The summed E-state index contributed by atoms with van der Waals surface area (Å²) in [6.07, 6.45) is -30.2. The monoisotopic (exact) mass is 394 g/mol. The fourth-order valence-corrected chi connectivity index (χ4v) is 1.28. The van der Waals surface area contributed by atoms with Crippen molar-refractivity contribution in [2.75, 3.05) is 6.67 Å². The van der Waals surface area contributed by atoms with E-state index in [-0.39, 0.29) is 0 Å². The first-order chi connectivity index (χ1) is 10.3. The standard InChI is InChI=1S/C8H3F13O3/c9-1-2(3(10,11)12)22-8(21)4(13,5(14,15)16)23-6(17,18)7(19,20)24-8/h2H,1H2. The fourth-order valence-electron chi connectivity index (χ4n) is 1.28. The van der Waals surface area contributed by atoms with Crippen molar-refractivity contribution in [3.63, 3.8) is 0 Å². The molecule has 0 N–H and O–H groups in total. The van der Waals surface area contributed by atoms with Gasteiger partial charge in [-0.15, -0.1) is 0 Å². The lowest BCUT2D eigenvalue weighted by molar-refractivity contribution is -0.636. The van der Waals surface area contributed by atoms with Crippen molar-refractivity contribution in [1.82, 2.24) is 0 Å². The van der Waals surface area contributed by atoms with Crippen molar-refractivity contribution in [2.24, 2.45) is 0 Å². The molecule has 0 aromatic carbocycles. The number of rotatable bonds is 3. The smallest absolute Gasteiger partial charge is 0.303 e. The summed E-state index contributed by atoms with van der Waals surface area (Å²) in [4.78, 5) is 0. The minimum absolute atomic E-state index is 2.02. The predicted octanol–water partition coefficient (Wildman–Crippen LogP) is 3.99. The van der Waals surface area contributed by atoms with Crippen LogP contribution in [-0.2, 0) is 14.2 Å². The number of hydrogen-bond donors (Lipinski definition) is 0. The maximum Gasteiger partial charge on any atom is 0.457 e. The molecule has 3 nitrogen and oxygen atoms in total. The molecule has 0 aliphatic carbocycles. The van der Waals surface area contributed by atoms with Crippen LogP contribution in [0.1, 0.15) is 0 Å². The van der Waals surface area contributed by atoms with Gasteiger partial charge in [0.05, 0.1) is 0 Å². The van der Waals surface area contributed by atoms with Crippen molar-refractivity contribution < 1.29 is 71.3 Å². The zero-order valence-corrected chi connectivity index (χ0v) is 10.4. The Balaban J connectivity index is 3.43. The summed E-state index contributed by atoms with van der Waals surface area (Å²) >= 11 is 0. The van der Waals surface area contributed by atoms with E-state index in [9.17, 15) is 57.1 Å². The van der Waals surface area contributed by atoms with Crippen molar-refractivity contribution in [3.8, 4) is 0 Å². The number of hydrogen-bond acceptors (Lipinski definition) is 3. The molecule has 1 saturated heterocycles. The summed E-state index contributed by atoms with van der Waals surface area (Å²) in [5.41, 5.74) is 0. The highest BCUT2D eigenvalue weighted by Crippen LogP contribution is 2.58. The van der Waals surface area contributed by atoms with E-state index in [0.29, 0.717) is 0 Å². The third kappa shape index (κ3) is 3.22. The second kappa shape index (κ2) is 5.48. The quantitative estimate of drug-likeness (QED) is 0.678. The van der Waals surface area contributed by atoms with Crippen LogP contribution in [0, 0.1) is 0 Å². The molecule has 0 aromatic rings. The summed E-state index contributed by atoms with van der Waals surface area (Å²) in [5, 5.41) is 0. The summed E-state index contributed by atoms with van der Waals surface area (Å²) in [7, 11) is 0. The van der Waals surface area contributed by atoms with Gasteiger partial charge in [-0.25, -0.2) is 9.13 Å². The van der Waals surface area contributed by atoms with Crippen molar-refractivity contribution in [3.05, 3.63) is 0 Å². The van der Waals surface area contributed by atoms with Crippen molar-refractivity contribution in [1.29, 1.82) is 0 Å². The van der Waals surface area contributed by atoms with E-state index in [1.807, 2.05) is 4.74 Å². The molecule has 3 atom stereocenters. The van der Waals surface area contributed by atoms with Gasteiger partial charge in [0, 0.05) is 0 Å². The third-order valence-corrected chi connectivity index (χ3v) is 2.41. The van der Waals surface area contributed by atoms with Crippen LogP contribution in [0.2, 0.25) is 0 Å². The highest BCUT2D eigenvalue weighted by Gasteiger charge is 2.87. The molecule has 144 valence electrons. The molecule has 24 heavy (non-hydrogen) atoms. The Morgan fingerprint density at radius 1 is 0.792 bits per heavy atom. The van der Waals surface area contributed by atoms with Crippen LogP contribution in [-0.4, -0.2) is 49.2 Å². The van der Waals surface area contributed by atoms with Crippen molar-refractivity contribution >= 4 is 0 Å². The Kier molecular flexibility index (Phi) is 4.80. The molecule has 0 aromatic heterocycles. The lowest BCUT2D eigenvalue weighted by Gasteiger charge is -2.47. The van der Waals surface area contributed by atoms with Gasteiger partial charge >= 0.3 is 36.5 Å². The molecule has 1 heterocycles. The number of ether oxygens (including phenoxy) is 3. The van der Waals surface area contributed by atoms with Gasteiger partial charge in [0.15, 0.2) is 6.10 Å². The Morgan fingerprint density at radius 2 is 1.21 bits per heavy atom. The highest BCUT2D eigenvalue weighted by atomic mass is 19.4. The molecule has 1 rings (SSSR count). The van der Waals surface area contributed by atoms with Crippen LogP contribution in [0.15, 0.2) is 0 Å². The third-order valence-electron chi connectivity index (χ3n) is 2.41. The molecular formula is C8H3F13O3. The summed E-state index contributed by atoms with van der Waals surface area (Å²) in [5.74, 6) is -6.65. The van der Waals surface area contributed by atoms with Crippen LogP contribution in [0.3, 0.4) is 0 Å². The molecule has 16 heteroatoms. The lowest BCUT2D eigenvalue weighted by atomic mass is 10.2. The van der Waals surface area contributed by atoms with E-state index in [2.05, 4.69) is 9.47 Å². The first-order valence-electron chi connectivity index (χ1n) is 5.24. The SMILES string of the molecule is FCC(OC1(F)OC(F)(F)C(F)(F)OC1(F)C(F)(F)F)C(F)(F)F. The van der Waals surface area contributed by atoms with Gasteiger partial charge in [0.25, 0.3) is 0 Å². The Labute approximate surface area is 122 Å². The summed E-state index contributed by atoms with van der Waals surface area (Å²) < 4.78 is 171. The molecule has 1 aliphatic rings. The van der Waals surface area contributed by atoms with E-state index in [1.54, 1.807) is 0 Å². The summed E-state index contributed by atoms with van der Waals surface area (Å²) in [6, 6.07) is -6.32. The Bertz CT molecular complexity index is 473. The summed E-state index contributed by atoms with van der Waals surface area (Å²) in [6.45, 7) is -2.89. The van der Waals surface area contributed by atoms with Gasteiger partial charge in [-0.2, -0.15) is 52.7 Å². The van der Waals surface area contributed by atoms with Gasteiger partial charge in [0.2, 0.25) is 0 Å². The highest BCUT2D eigenvalue weighted by molar-refractivity contribution is 4.96. The maximum absolute atomic E-state index is 13.8. The van der Waals surface area contributed by atoms with Crippen LogP contribution in [0.4, 0.5) is 57.1 Å². The zero-order chi connectivity index (χ0) is 19.4. The number of alkyl halides is 13. The predicted molar refractivity (Wildman–Crippen MR) is 42.7 cm³/mol. The first-order valence-corrected chi connectivity index (χ1v) is 5.24. The van der Waals surface area contributed by atoms with E-state index >= 15 is 0 Å². The molecule has 0 saturated carbocycles. The van der Waals surface area contributed by atoms with E-state index < -0.39 is 49.2 Å². The maximum atomic E-state index is 13.8. The van der Waals surface area contributed by atoms with Crippen LogP contribution < -0.4 is 0 Å². The van der Waals surface area contributed by atoms with E-state index in [4.69, 9.17) is 0 Å². The topological polar surface area (TPSA) is 27.7 Å². The zero-order valence-electron chi connectivity index (χ0n) is 10.4. The average molecular weight is 394 g/mol. The molecule has 0 radical (unpaired) electrons. The fraction of sp³-hybridized carbons (Fsp3) is 1.00. The average Bonchev–Trinajstić information content (AvgIpc) is 2.30. The Hall–Kier alpha value is -1.03. The molecule has 1 fully saturated rings. The molecule has 0 bridgehead atoms. The number of halogens is 13.